The van der Waals surface area contributed by atoms with Crippen LogP contribution in [0.3, 0.4) is 0 Å². The zero-order valence-electron chi connectivity index (χ0n) is 17.1. The van der Waals surface area contributed by atoms with Gasteiger partial charge in [0, 0.05) is 18.6 Å². The lowest BCUT2D eigenvalue weighted by atomic mass is 9.75. The van der Waals surface area contributed by atoms with Crippen molar-refractivity contribution in [2.24, 2.45) is 17.8 Å². The summed E-state index contributed by atoms with van der Waals surface area (Å²) in [4.78, 5) is 28.0. The number of nitrogens with zero attached hydrogens (tertiary/aromatic N) is 3. The molecule has 0 N–H and O–H groups in total. The van der Waals surface area contributed by atoms with Gasteiger partial charge in [0.1, 0.15) is 18.5 Å². The van der Waals surface area contributed by atoms with Crippen LogP contribution in [0.4, 0.5) is 5.69 Å². The number of benzene rings is 1. The molecule has 28 heavy (non-hydrogen) atoms. The second-order valence-electron chi connectivity index (χ2n) is 8.25. The summed E-state index contributed by atoms with van der Waals surface area (Å²) in [6.45, 7) is 8.54. The monoisotopic (exact) mass is 387 g/mol. The molecule has 0 aliphatic heterocycles. The zero-order chi connectivity index (χ0) is 20.4. The highest BCUT2D eigenvalue weighted by atomic mass is 16.6. The summed E-state index contributed by atoms with van der Waals surface area (Å²) >= 11 is 0. The Balaban J connectivity index is 1.83. The van der Waals surface area contributed by atoms with E-state index in [1.165, 1.54) is 18.6 Å². The first-order chi connectivity index (χ1) is 13.3. The quantitative estimate of drug-likeness (QED) is 0.413. The number of aromatic nitrogens is 2. The summed E-state index contributed by atoms with van der Waals surface area (Å²) in [6, 6.07) is 4.55. The maximum Gasteiger partial charge on any atom is 0.326 e. The Morgan fingerprint density at radius 2 is 2.14 bits per heavy atom. The van der Waals surface area contributed by atoms with E-state index in [1.807, 2.05) is 6.92 Å². The second-order valence-corrected chi connectivity index (χ2v) is 8.25. The largest absolute Gasteiger partial charge is 0.461 e. The molecule has 0 spiro atoms. The van der Waals surface area contributed by atoms with Crippen molar-refractivity contribution in [3.8, 4) is 0 Å². The van der Waals surface area contributed by atoms with Gasteiger partial charge in [0.2, 0.25) is 0 Å². The lowest BCUT2D eigenvalue weighted by molar-refractivity contribution is -0.384. The topological polar surface area (TPSA) is 87.3 Å². The van der Waals surface area contributed by atoms with Crippen molar-refractivity contribution in [1.29, 1.82) is 0 Å². The minimum absolute atomic E-state index is 0.00866. The highest BCUT2D eigenvalue weighted by molar-refractivity contribution is 5.81. The van der Waals surface area contributed by atoms with Crippen molar-refractivity contribution in [3.05, 3.63) is 34.1 Å². The molecule has 0 radical (unpaired) electrons. The average Bonchev–Trinajstić information content (AvgIpc) is 2.98. The van der Waals surface area contributed by atoms with Crippen molar-refractivity contribution in [3.63, 3.8) is 0 Å². The number of esters is 1. The van der Waals surface area contributed by atoms with Crippen LogP contribution in [0, 0.1) is 27.9 Å². The van der Waals surface area contributed by atoms with Gasteiger partial charge in [-0.3, -0.25) is 14.9 Å². The number of nitro groups is 1. The number of carbonyl (C=O) groups is 1. The molecule has 1 saturated carbocycles. The van der Waals surface area contributed by atoms with E-state index in [4.69, 9.17) is 4.74 Å². The van der Waals surface area contributed by atoms with E-state index >= 15 is 0 Å². The van der Waals surface area contributed by atoms with E-state index in [-0.39, 0.29) is 24.3 Å². The van der Waals surface area contributed by atoms with Gasteiger partial charge in [-0.05, 0) is 36.7 Å². The standard InChI is InChI=1S/C21H29N3O4/c1-5-20-22-17-9-7-15(24(26)27)11-18(17)23(20)12-21(25)28-19-10-14(4)6-8-16(19)13(2)3/h7,9,11,13-14,16,19H,5-6,8,10,12H2,1-4H3/t14-,16+,19-/m1/s1. The SMILES string of the molecule is CCc1nc2ccc([N+](=O)[O-])cc2n1CC(=O)O[C@@H]1C[C@H](C)CC[C@H]1C(C)C. The van der Waals surface area contributed by atoms with Crippen LogP contribution in [0.1, 0.15) is 52.8 Å². The first kappa shape index (κ1) is 20.3. The molecule has 1 aliphatic rings. The third-order valence-corrected chi connectivity index (χ3v) is 5.87. The first-order valence-corrected chi connectivity index (χ1v) is 10.1. The molecule has 0 bridgehead atoms. The van der Waals surface area contributed by atoms with E-state index in [2.05, 4.69) is 25.8 Å². The Morgan fingerprint density at radius 1 is 1.39 bits per heavy atom. The van der Waals surface area contributed by atoms with Gasteiger partial charge in [0.15, 0.2) is 0 Å². The van der Waals surface area contributed by atoms with Crippen LogP contribution in [0.15, 0.2) is 18.2 Å². The molecule has 2 aromatic rings. The highest BCUT2D eigenvalue weighted by Gasteiger charge is 2.33. The summed E-state index contributed by atoms with van der Waals surface area (Å²) in [6.07, 6.45) is 3.71. The Kier molecular flexibility index (Phi) is 6.01. The van der Waals surface area contributed by atoms with Gasteiger partial charge < -0.3 is 9.30 Å². The number of aryl methyl sites for hydroxylation is 1. The minimum Gasteiger partial charge on any atom is -0.461 e. The van der Waals surface area contributed by atoms with Crippen molar-refractivity contribution < 1.29 is 14.5 Å². The Morgan fingerprint density at radius 3 is 2.79 bits per heavy atom. The van der Waals surface area contributed by atoms with Gasteiger partial charge in [-0.2, -0.15) is 0 Å². The maximum atomic E-state index is 12.8. The van der Waals surface area contributed by atoms with Gasteiger partial charge >= 0.3 is 5.97 Å². The van der Waals surface area contributed by atoms with Gasteiger partial charge in [-0.15, -0.1) is 0 Å². The molecular formula is C21H29N3O4. The number of hydrogen-bond acceptors (Lipinski definition) is 5. The number of fused-ring (bicyclic) bond motifs is 1. The number of carbonyl (C=O) groups excluding carboxylic acids is 1. The van der Waals surface area contributed by atoms with Crippen LogP contribution in [0.5, 0.6) is 0 Å². The Labute approximate surface area is 165 Å². The molecule has 3 rings (SSSR count). The number of ether oxygens (including phenoxy) is 1. The fourth-order valence-corrected chi connectivity index (χ4v) is 4.31. The Hall–Kier alpha value is -2.44. The van der Waals surface area contributed by atoms with Gasteiger partial charge in [0.25, 0.3) is 5.69 Å². The number of rotatable bonds is 6. The van der Waals surface area contributed by atoms with Crippen LogP contribution in [0.2, 0.25) is 0 Å². The second kappa shape index (κ2) is 8.29. The fraction of sp³-hybridized carbons (Fsp3) is 0.619. The van der Waals surface area contributed by atoms with Crippen LogP contribution in [0.25, 0.3) is 11.0 Å². The van der Waals surface area contributed by atoms with Crippen LogP contribution in [-0.4, -0.2) is 26.5 Å². The predicted octanol–water partition coefficient (Wildman–Crippen LogP) is 4.51. The van der Waals surface area contributed by atoms with Crippen LogP contribution < -0.4 is 0 Å². The molecule has 0 amide bonds. The highest BCUT2D eigenvalue weighted by Crippen LogP contribution is 2.35. The van der Waals surface area contributed by atoms with E-state index in [1.54, 1.807) is 10.6 Å². The minimum atomic E-state index is -0.433. The first-order valence-electron chi connectivity index (χ1n) is 10.1. The molecule has 1 heterocycles. The van der Waals surface area contributed by atoms with Crippen molar-refractivity contribution in [2.45, 2.75) is 66.0 Å². The van der Waals surface area contributed by atoms with E-state index in [9.17, 15) is 14.9 Å². The van der Waals surface area contributed by atoms with Gasteiger partial charge in [-0.1, -0.05) is 34.1 Å². The third-order valence-electron chi connectivity index (χ3n) is 5.87. The fourth-order valence-electron chi connectivity index (χ4n) is 4.31. The van der Waals surface area contributed by atoms with Crippen molar-refractivity contribution in [1.82, 2.24) is 9.55 Å². The van der Waals surface area contributed by atoms with Gasteiger partial charge in [0.05, 0.1) is 16.0 Å². The lowest BCUT2D eigenvalue weighted by Crippen LogP contribution is -2.36. The average molecular weight is 387 g/mol. The maximum absolute atomic E-state index is 12.8. The molecule has 1 aromatic heterocycles. The van der Waals surface area contributed by atoms with Crippen molar-refractivity contribution in [2.75, 3.05) is 0 Å². The molecular weight excluding hydrogens is 358 g/mol. The molecule has 1 aliphatic carbocycles. The van der Waals surface area contributed by atoms with E-state index < -0.39 is 4.92 Å². The van der Waals surface area contributed by atoms with E-state index in [0.29, 0.717) is 35.2 Å². The normalized spacial score (nSPS) is 22.5. The van der Waals surface area contributed by atoms with Gasteiger partial charge in [-0.25, -0.2) is 4.98 Å². The van der Waals surface area contributed by atoms with Crippen molar-refractivity contribution >= 4 is 22.7 Å². The number of imidazole rings is 1. The molecule has 1 fully saturated rings. The molecule has 0 saturated heterocycles. The molecule has 1 aromatic carbocycles. The molecule has 7 nitrogen and oxygen atoms in total. The number of non-ortho nitro benzene ring substituents is 1. The van der Waals surface area contributed by atoms with Crippen LogP contribution in [-0.2, 0) is 22.5 Å². The summed E-state index contributed by atoms with van der Waals surface area (Å²) in [5.41, 5.74) is 1.24. The van der Waals surface area contributed by atoms with Crippen LogP contribution >= 0.6 is 0 Å². The summed E-state index contributed by atoms with van der Waals surface area (Å²) < 4.78 is 7.66. The number of hydrogen-bond donors (Lipinski definition) is 0. The Bertz CT molecular complexity index is 874. The summed E-state index contributed by atoms with van der Waals surface area (Å²) in [5.74, 6) is 1.82. The summed E-state index contributed by atoms with van der Waals surface area (Å²) in [7, 11) is 0. The lowest BCUT2D eigenvalue weighted by Gasteiger charge is -2.36. The number of nitro benzene ring substituents is 1. The molecule has 0 unspecified atom stereocenters. The molecule has 3 atom stereocenters. The third kappa shape index (κ3) is 4.18. The predicted molar refractivity (Wildman–Crippen MR) is 107 cm³/mol. The van der Waals surface area contributed by atoms with E-state index in [0.717, 1.165) is 18.7 Å². The summed E-state index contributed by atoms with van der Waals surface area (Å²) in [5, 5.41) is 11.1. The zero-order valence-corrected chi connectivity index (χ0v) is 17.1. The smallest absolute Gasteiger partial charge is 0.326 e. The molecule has 7 heteroatoms. The molecule has 152 valence electrons.